The molecule has 0 saturated carbocycles. The van der Waals surface area contributed by atoms with Crippen LogP contribution in [-0.4, -0.2) is 46.6 Å². The number of nitrogens with zero attached hydrogens (tertiary/aromatic N) is 3. The first kappa shape index (κ1) is 17.9. The Hall–Kier alpha value is -1.95. The molecule has 3 heterocycles. The summed E-state index contributed by atoms with van der Waals surface area (Å²) < 4.78 is 5.10. The molecule has 1 saturated heterocycles. The Morgan fingerprint density at radius 3 is 2.68 bits per heavy atom. The summed E-state index contributed by atoms with van der Waals surface area (Å²) in [6.45, 7) is 9.24. The molecule has 0 spiro atoms. The van der Waals surface area contributed by atoms with Gasteiger partial charge in [-0.1, -0.05) is 31.8 Å². The van der Waals surface area contributed by atoms with E-state index in [2.05, 4.69) is 34.2 Å². The molecule has 0 aliphatic carbocycles. The number of likely N-dealkylation sites (tertiary alicyclic amines) is 1. The van der Waals surface area contributed by atoms with E-state index in [1.54, 1.807) is 12.3 Å². The van der Waals surface area contributed by atoms with Crippen molar-refractivity contribution in [2.75, 3.05) is 19.6 Å². The molecule has 1 atom stereocenters. The van der Waals surface area contributed by atoms with Crippen LogP contribution in [0.1, 0.15) is 55.6 Å². The first-order valence-electron chi connectivity index (χ1n) is 9.30. The summed E-state index contributed by atoms with van der Waals surface area (Å²) in [5, 5.41) is 7.78. The first-order chi connectivity index (χ1) is 12.1. The van der Waals surface area contributed by atoms with Crippen LogP contribution in [0.25, 0.3) is 11.1 Å². The number of amides is 1. The number of carbonyl (C=O) groups is 1. The largest absolute Gasteiger partial charge is 0.350 e. The molecule has 0 bridgehead atoms. The number of nitrogens with one attached hydrogen (secondary N) is 1. The van der Waals surface area contributed by atoms with Crippen LogP contribution in [0.2, 0.25) is 0 Å². The fourth-order valence-electron chi connectivity index (χ4n) is 3.58. The maximum Gasteiger partial charge on any atom is 0.257 e. The smallest absolute Gasteiger partial charge is 0.257 e. The third-order valence-electron chi connectivity index (χ3n) is 5.12. The van der Waals surface area contributed by atoms with E-state index in [9.17, 15) is 4.79 Å². The fraction of sp³-hybridized carbons (Fsp3) is 0.632. The third kappa shape index (κ3) is 4.18. The summed E-state index contributed by atoms with van der Waals surface area (Å²) in [6.07, 6.45) is 6.70. The Bertz CT molecular complexity index is 717. The van der Waals surface area contributed by atoms with Gasteiger partial charge in [0.25, 0.3) is 11.6 Å². The summed E-state index contributed by atoms with van der Waals surface area (Å²) >= 11 is 0. The van der Waals surface area contributed by atoms with Crippen LogP contribution in [0.3, 0.4) is 0 Å². The van der Waals surface area contributed by atoms with Crippen molar-refractivity contribution in [2.24, 2.45) is 5.92 Å². The molecular formula is C19H28N4O2. The van der Waals surface area contributed by atoms with Crippen LogP contribution in [-0.2, 0) is 0 Å². The van der Waals surface area contributed by atoms with Gasteiger partial charge in [0.15, 0.2) is 0 Å². The summed E-state index contributed by atoms with van der Waals surface area (Å²) in [6, 6.07) is 2.18. The highest BCUT2D eigenvalue weighted by atomic mass is 16.5. The monoisotopic (exact) mass is 344 g/mol. The molecule has 1 aliphatic rings. The molecule has 0 aromatic carbocycles. The van der Waals surface area contributed by atoms with Gasteiger partial charge in [-0.2, -0.15) is 0 Å². The van der Waals surface area contributed by atoms with Gasteiger partial charge in [-0.15, -0.1) is 0 Å². The molecule has 6 heteroatoms. The van der Waals surface area contributed by atoms with Gasteiger partial charge < -0.3 is 9.84 Å². The number of hydrogen-bond donors (Lipinski definition) is 1. The van der Waals surface area contributed by atoms with Gasteiger partial charge in [-0.3, -0.25) is 9.69 Å². The molecule has 1 N–H and O–H groups in total. The van der Waals surface area contributed by atoms with Crippen LogP contribution >= 0.6 is 0 Å². The number of rotatable bonds is 5. The maximum atomic E-state index is 12.6. The number of pyridine rings is 1. The first-order valence-corrected chi connectivity index (χ1v) is 9.30. The number of fused-ring (bicyclic) bond motifs is 1. The average Bonchev–Trinajstić information content (AvgIpc) is 2.80. The molecule has 25 heavy (non-hydrogen) atoms. The predicted molar refractivity (Wildman–Crippen MR) is 97.5 cm³/mol. The molecule has 1 amide bonds. The van der Waals surface area contributed by atoms with Crippen molar-refractivity contribution in [1.82, 2.24) is 20.4 Å². The Morgan fingerprint density at radius 2 is 2.00 bits per heavy atom. The lowest BCUT2D eigenvalue weighted by molar-refractivity contribution is 0.0917. The van der Waals surface area contributed by atoms with Crippen molar-refractivity contribution in [3.63, 3.8) is 0 Å². The zero-order valence-corrected chi connectivity index (χ0v) is 15.4. The van der Waals surface area contributed by atoms with Crippen molar-refractivity contribution in [3.8, 4) is 0 Å². The van der Waals surface area contributed by atoms with E-state index in [4.69, 9.17) is 4.52 Å². The zero-order valence-electron chi connectivity index (χ0n) is 15.4. The van der Waals surface area contributed by atoms with Gasteiger partial charge in [0.1, 0.15) is 0 Å². The van der Waals surface area contributed by atoms with E-state index in [0.717, 1.165) is 24.2 Å². The van der Waals surface area contributed by atoms with Gasteiger partial charge in [0.2, 0.25) is 0 Å². The second-order valence-electron chi connectivity index (χ2n) is 7.32. The van der Waals surface area contributed by atoms with Gasteiger partial charge in [-0.05, 0) is 44.8 Å². The summed E-state index contributed by atoms with van der Waals surface area (Å²) in [4.78, 5) is 19.3. The quantitative estimate of drug-likeness (QED) is 0.902. The summed E-state index contributed by atoms with van der Waals surface area (Å²) in [5.74, 6) is 0.412. The normalized spacial score (nSPS) is 17.6. The predicted octanol–water partition coefficient (Wildman–Crippen LogP) is 3.16. The van der Waals surface area contributed by atoms with E-state index in [-0.39, 0.29) is 5.91 Å². The van der Waals surface area contributed by atoms with E-state index in [1.807, 2.05) is 6.92 Å². The Morgan fingerprint density at radius 1 is 1.28 bits per heavy atom. The molecule has 3 rings (SSSR count). The summed E-state index contributed by atoms with van der Waals surface area (Å²) in [7, 11) is 0. The van der Waals surface area contributed by atoms with Crippen molar-refractivity contribution in [1.29, 1.82) is 0 Å². The van der Waals surface area contributed by atoms with Gasteiger partial charge in [-0.25, -0.2) is 4.98 Å². The molecule has 1 aliphatic heterocycles. The molecule has 1 fully saturated rings. The van der Waals surface area contributed by atoms with Crippen molar-refractivity contribution < 1.29 is 9.32 Å². The SMILES string of the molecule is Cc1noc2ncc(C(=O)NCC(C(C)C)N3CCCCCC3)cc12. The van der Waals surface area contributed by atoms with E-state index >= 15 is 0 Å². The Balaban J connectivity index is 1.66. The van der Waals surface area contributed by atoms with Gasteiger partial charge in [0, 0.05) is 18.8 Å². The van der Waals surface area contributed by atoms with Crippen LogP contribution in [0.4, 0.5) is 0 Å². The van der Waals surface area contributed by atoms with Crippen molar-refractivity contribution >= 4 is 17.0 Å². The Labute approximate surface area is 149 Å². The lowest BCUT2D eigenvalue weighted by atomic mass is 10.0. The molecule has 6 nitrogen and oxygen atoms in total. The minimum atomic E-state index is -0.0875. The van der Waals surface area contributed by atoms with Crippen LogP contribution in [0.5, 0.6) is 0 Å². The number of carbonyl (C=O) groups excluding carboxylic acids is 1. The molecule has 2 aromatic heterocycles. The van der Waals surface area contributed by atoms with Crippen molar-refractivity contribution in [3.05, 3.63) is 23.5 Å². The second kappa shape index (κ2) is 7.95. The van der Waals surface area contributed by atoms with Crippen LogP contribution in [0.15, 0.2) is 16.8 Å². The minimum absolute atomic E-state index is 0.0875. The van der Waals surface area contributed by atoms with Gasteiger partial charge in [0.05, 0.1) is 16.6 Å². The molecule has 2 aromatic rings. The zero-order chi connectivity index (χ0) is 17.8. The molecule has 136 valence electrons. The third-order valence-corrected chi connectivity index (χ3v) is 5.12. The second-order valence-corrected chi connectivity index (χ2v) is 7.32. The highest BCUT2D eigenvalue weighted by Crippen LogP contribution is 2.18. The minimum Gasteiger partial charge on any atom is -0.350 e. The van der Waals surface area contributed by atoms with E-state index < -0.39 is 0 Å². The fourth-order valence-corrected chi connectivity index (χ4v) is 3.58. The van der Waals surface area contributed by atoms with Crippen molar-refractivity contribution in [2.45, 2.75) is 52.5 Å². The number of hydrogen-bond acceptors (Lipinski definition) is 5. The summed E-state index contributed by atoms with van der Waals surface area (Å²) in [5.41, 5.74) is 1.78. The molecule has 1 unspecified atom stereocenters. The lowest BCUT2D eigenvalue weighted by Crippen LogP contribution is -2.47. The topological polar surface area (TPSA) is 71.3 Å². The van der Waals surface area contributed by atoms with Crippen LogP contribution < -0.4 is 5.32 Å². The highest BCUT2D eigenvalue weighted by molar-refractivity contribution is 5.96. The number of aromatic nitrogens is 2. The van der Waals surface area contributed by atoms with Gasteiger partial charge >= 0.3 is 0 Å². The van der Waals surface area contributed by atoms with Crippen LogP contribution in [0, 0.1) is 12.8 Å². The molecular weight excluding hydrogens is 316 g/mol. The highest BCUT2D eigenvalue weighted by Gasteiger charge is 2.23. The standard InChI is InChI=1S/C19H28N4O2/c1-13(2)17(23-8-6-4-5-7-9-23)12-20-18(24)15-10-16-14(3)22-25-19(16)21-11-15/h10-11,13,17H,4-9,12H2,1-3H3,(H,20,24). The van der Waals surface area contributed by atoms with E-state index in [1.165, 1.54) is 25.7 Å². The number of aryl methyl sites for hydroxylation is 1. The average molecular weight is 344 g/mol. The lowest BCUT2D eigenvalue weighted by Gasteiger charge is -2.33. The maximum absolute atomic E-state index is 12.6. The van der Waals surface area contributed by atoms with E-state index in [0.29, 0.717) is 29.8 Å². The Kier molecular flexibility index (Phi) is 5.68. The molecule has 0 radical (unpaired) electrons.